The molecule has 2 N–H and O–H groups in total. The predicted molar refractivity (Wildman–Crippen MR) is 76.2 cm³/mol. The van der Waals surface area contributed by atoms with Crippen molar-refractivity contribution < 1.29 is 29.2 Å². The van der Waals surface area contributed by atoms with Gasteiger partial charge in [0.05, 0.1) is 10.6 Å². The van der Waals surface area contributed by atoms with Crippen molar-refractivity contribution in [2.24, 2.45) is 0 Å². The first-order chi connectivity index (χ1) is 10.8. The van der Waals surface area contributed by atoms with Gasteiger partial charge in [-0.1, -0.05) is 0 Å². The third-order valence-electron chi connectivity index (χ3n) is 3.15. The molecule has 122 valence electrons. The molecule has 1 aliphatic rings. The van der Waals surface area contributed by atoms with Gasteiger partial charge >= 0.3 is 5.97 Å². The summed E-state index contributed by atoms with van der Waals surface area (Å²) in [5, 5.41) is 21.8. The maximum atomic E-state index is 11.9. The van der Waals surface area contributed by atoms with Crippen molar-refractivity contribution in [2.45, 2.75) is 13.0 Å². The highest BCUT2D eigenvalue weighted by molar-refractivity contribution is 6.02. The molecule has 1 atom stereocenters. The monoisotopic (exact) mass is 323 g/mol. The van der Waals surface area contributed by atoms with Crippen LogP contribution in [0.1, 0.15) is 6.92 Å². The van der Waals surface area contributed by atoms with Gasteiger partial charge < -0.3 is 15.2 Å². The summed E-state index contributed by atoms with van der Waals surface area (Å²) in [6.07, 6.45) is 0. The number of amides is 2. The van der Waals surface area contributed by atoms with Gasteiger partial charge in [-0.3, -0.25) is 29.4 Å². The second-order valence-corrected chi connectivity index (χ2v) is 4.81. The number of anilines is 1. The number of non-ortho nitro benzene ring substituents is 1. The molecule has 0 aromatic heterocycles. The van der Waals surface area contributed by atoms with Gasteiger partial charge in [-0.25, -0.2) is 0 Å². The van der Waals surface area contributed by atoms with E-state index in [0.29, 0.717) is 0 Å². The Labute approximate surface area is 129 Å². The van der Waals surface area contributed by atoms with E-state index in [1.807, 2.05) is 0 Å². The molecule has 1 aromatic carbocycles. The molecule has 0 bridgehead atoms. The highest BCUT2D eigenvalue weighted by Gasteiger charge is 2.29. The molecule has 1 unspecified atom stereocenters. The Morgan fingerprint density at radius 2 is 2.22 bits per heavy atom. The molecule has 1 aromatic rings. The largest absolute Gasteiger partial charge is 0.482 e. The molecular weight excluding hydrogens is 310 g/mol. The number of fused-ring (bicyclic) bond motifs is 1. The molecule has 0 aliphatic carbocycles. The molecule has 0 saturated carbocycles. The van der Waals surface area contributed by atoms with E-state index in [4.69, 9.17) is 9.84 Å². The minimum Gasteiger partial charge on any atom is -0.482 e. The van der Waals surface area contributed by atoms with Gasteiger partial charge in [0.2, 0.25) is 5.91 Å². The van der Waals surface area contributed by atoms with E-state index >= 15 is 0 Å². The van der Waals surface area contributed by atoms with Crippen LogP contribution < -0.4 is 15.0 Å². The topological polar surface area (TPSA) is 139 Å². The van der Waals surface area contributed by atoms with Crippen molar-refractivity contribution in [3.63, 3.8) is 0 Å². The molecule has 23 heavy (non-hydrogen) atoms. The maximum absolute atomic E-state index is 11.9. The summed E-state index contributed by atoms with van der Waals surface area (Å²) in [5.41, 5.74) is -0.167. The number of carbonyl (C=O) groups excluding carboxylic acids is 2. The summed E-state index contributed by atoms with van der Waals surface area (Å²) >= 11 is 0. The van der Waals surface area contributed by atoms with E-state index in [1.165, 1.54) is 19.1 Å². The van der Waals surface area contributed by atoms with Crippen LogP contribution in [0.15, 0.2) is 18.2 Å². The van der Waals surface area contributed by atoms with E-state index < -0.39 is 35.3 Å². The summed E-state index contributed by atoms with van der Waals surface area (Å²) < 4.78 is 5.16. The molecule has 1 heterocycles. The summed E-state index contributed by atoms with van der Waals surface area (Å²) in [7, 11) is 0. The fraction of sp³-hybridized carbons (Fsp3) is 0.308. The van der Waals surface area contributed by atoms with Crippen LogP contribution in [0, 0.1) is 10.1 Å². The highest BCUT2D eigenvalue weighted by Crippen LogP contribution is 2.35. The number of nitro benzene ring substituents is 1. The lowest BCUT2D eigenvalue weighted by Gasteiger charge is -2.28. The first-order valence-corrected chi connectivity index (χ1v) is 6.53. The van der Waals surface area contributed by atoms with E-state index in [9.17, 15) is 24.5 Å². The molecule has 10 heteroatoms. The van der Waals surface area contributed by atoms with Gasteiger partial charge in [-0.15, -0.1) is 0 Å². The number of rotatable bonds is 5. The minimum absolute atomic E-state index is 0.0913. The quantitative estimate of drug-likeness (QED) is 0.570. The molecule has 2 amide bonds. The molecule has 0 spiro atoms. The Hall–Kier alpha value is -3.17. The Kier molecular flexibility index (Phi) is 4.44. The van der Waals surface area contributed by atoms with Crippen LogP contribution in [0.2, 0.25) is 0 Å². The summed E-state index contributed by atoms with van der Waals surface area (Å²) in [6.45, 7) is 0.501. The average molecular weight is 323 g/mol. The number of nitrogens with zero attached hydrogens (tertiary/aromatic N) is 2. The lowest BCUT2D eigenvalue weighted by molar-refractivity contribution is -0.384. The van der Waals surface area contributed by atoms with Gasteiger partial charge in [0, 0.05) is 12.1 Å². The van der Waals surface area contributed by atoms with Gasteiger partial charge in [0.15, 0.2) is 6.61 Å². The molecular formula is C13H13N3O7. The van der Waals surface area contributed by atoms with Crippen LogP contribution in [-0.2, 0) is 14.4 Å². The smallest absolute Gasteiger partial charge is 0.325 e. The third kappa shape index (κ3) is 3.54. The molecule has 0 saturated heterocycles. The van der Waals surface area contributed by atoms with Crippen LogP contribution >= 0.6 is 0 Å². The molecule has 0 fully saturated rings. The Balaban J connectivity index is 2.24. The van der Waals surface area contributed by atoms with Crippen molar-refractivity contribution in [2.75, 3.05) is 18.1 Å². The van der Waals surface area contributed by atoms with Crippen molar-refractivity contribution in [1.29, 1.82) is 0 Å². The van der Waals surface area contributed by atoms with Gasteiger partial charge in [0.25, 0.3) is 11.6 Å². The molecule has 0 radical (unpaired) electrons. The third-order valence-corrected chi connectivity index (χ3v) is 3.15. The summed E-state index contributed by atoms with van der Waals surface area (Å²) in [4.78, 5) is 45.7. The number of aliphatic carboxylic acids is 1. The second kappa shape index (κ2) is 6.30. The standard InChI is InChI=1S/C13H13N3O7/c1-7(13(19)20)14-11(17)5-15-9-4-8(16(21)22)2-3-10(9)23-6-12(15)18/h2-4,7H,5-6H2,1H3,(H,14,17)(H,19,20). The zero-order valence-electron chi connectivity index (χ0n) is 12.0. The lowest BCUT2D eigenvalue weighted by atomic mass is 10.2. The van der Waals surface area contributed by atoms with Crippen LogP contribution in [0.25, 0.3) is 0 Å². The highest BCUT2D eigenvalue weighted by atomic mass is 16.6. The van der Waals surface area contributed by atoms with Gasteiger partial charge in [0.1, 0.15) is 18.3 Å². The lowest BCUT2D eigenvalue weighted by Crippen LogP contribution is -2.48. The van der Waals surface area contributed by atoms with Crippen molar-refractivity contribution in [1.82, 2.24) is 5.32 Å². The van der Waals surface area contributed by atoms with Crippen LogP contribution in [0.3, 0.4) is 0 Å². The van der Waals surface area contributed by atoms with Crippen molar-refractivity contribution in [3.05, 3.63) is 28.3 Å². The maximum Gasteiger partial charge on any atom is 0.325 e. The van der Waals surface area contributed by atoms with E-state index in [0.717, 1.165) is 11.0 Å². The van der Waals surface area contributed by atoms with Gasteiger partial charge in [-0.05, 0) is 13.0 Å². The summed E-state index contributed by atoms with van der Waals surface area (Å²) in [6, 6.07) is 2.56. The van der Waals surface area contributed by atoms with Crippen LogP contribution in [-0.4, -0.2) is 47.0 Å². The first kappa shape index (κ1) is 16.2. The normalized spacial score (nSPS) is 14.5. The molecule has 10 nitrogen and oxygen atoms in total. The Bertz CT molecular complexity index is 688. The number of carbonyl (C=O) groups is 3. The fourth-order valence-electron chi connectivity index (χ4n) is 1.97. The number of hydrogen-bond donors (Lipinski definition) is 2. The predicted octanol–water partition coefficient (Wildman–Crippen LogP) is -0.0905. The van der Waals surface area contributed by atoms with Crippen LogP contribution in [0.4, 0.5) is 11.4 Å². The van der Waals surface area contributed by atoms with Crippen LogP contribution in [0.5, 0.6) is 5.75 Å². The van der Waals surface area contributed by atoms with Crippen molar-refractivity contribution in [3.8, 4) is 5.75 Å². The van der Waals surface area contributed by atoms with Gasteiger partial charge in [-0.2, -0.15) is 0 Å². The number of carboxylic acid groups (broad SMARTS) is 1. The number of nitro groups is 1. The second-order valence-electron chi connectivity index (χ2n) is 4.81. The number of benzene rings is 1. The zero-order chi connectivity index (χ0) is 17.1. The van der Waals surface area contributed by atoms with Crippen molar-refractivity contribution >= 4 is 29.2 Å². The number of hydrogen-bond acceptors (Lipinski definition) is 6. The first-order valence-electron chi connectivity index (χ1n) is 6.53. The molecule has 1 aliphatic heterocycles. The van der Waals surface area contributed by atoms with E-state index in [2.05, 4.69) is 5.32 Å². The van der Waals surface area contributed by atoms with E-state index in [1.54, 1.807) is 0 Å². The Morgan fingerprint density at radius 1 is 1.52 bits per heavy atom. The number of ether oxygens (including phenoxy) is 1. The number of nitrogens with one attached hydrogen (secondary N) is 1. The average Bonchev–Trinajstić information content (AvgIpc) is 2.49. The molecule has 2 rings (SSSR count). The SMILES string of the molecule is CC(NC(=O)CN1C(=O)COc2ccc([N+](=O)[O-])cc21)C(=O)O. The summed E-state index contributed by atoms with van der Waals surface area (Å²) in [5.74, 6) is -2.25. The zero-order valence-corrected chi connectivity index (χ0v) is 12.0. The van der Waals surface area contributed by atoms with E-state index in [-0.39, 0.29) is 23.7 Å². The fourth-order valence-corrected chi connectivity index (χ4v) is 1.97. The minimum atomic E-state index is -1.22. The Morgan fingerprint density at radius 3 is 2.83 bits per heavy atom. The number of carboxylic acids is 1.